The van der Waals surface area contributed by atoms with E-state index in [0.29, 0.717) is 10.8 Å². The predicted octanol–water partition coefficient (Wildman–Crippen LogP) is 4.11. The lowest BCUT2D eigenvalue weighted by Gasteiger charge is -2.43. The number of hydrogen-bond acceptors (Lipinski definition) is 1. The Morgan fingerprint density at radius 1 is 1.00 bits per heavy atom. The zero-order valence-corrected chi connectivity index (χ0v) is 10.9. The summed E-state index contributed by atoms with van der Waals surface area (Å²) in [4.78, 5) is 0. The normalized spacial score (nSPS) is 24.0. The number of rotatable bonds is 5. The third-order valence-corrected chi connectivity index (χ3v) is 4.41. The quantitative estimate of drug-likeness (QED) is 0.680. The minimum Gasteiger partial charge on any atom is -0.330 e. The van der Waals surface area contributed by atoms with Crippen LogP contribution >= 0.6 is 0 Å². The molecule has 1 fully saturated rings. The molecule has 0 radical (unpaired) electrons. The van der Waals surface area contributed by atoms with E-state index >= 15 is 0 Å². The van der Waals surface area contributed by atoms with E-state index in [1.54, 1.807) is 0 Å². The molecule has 2 N–H and O–H groups in total. The summed E-state index contributed by atoms with van der Waals surface area (Å²) in [7, 11) is 0. The Hall–Kier alpha value is -0.0400. The van der Waals surface area contributed by atoms with Gasteiger partial charge in [-0.15, -0.1) is 0 Å². The van der Waals surface area contributed by atoms with E-state index in [1.165, 1.54) is 51.4 Å². The van der Waals surface area contributed by atoms with Crippen molar-refractivity contribution in [2.75, 3.05) is 6.54 Å². The van der Waals surface area contributed by atoms with Crippen LogP contribution in [0.3, 0.4) is 0 Å². The van der Waals surface area contributed by atoms with Crippen LogP contribution in [0.5, 0.6) is 0 Å². The topological polar surface area (TPSA) is 26.0 Å². The molecule has 0 aromatic heterocycles. The maximum absolute atomic E-state index is 6.01. The largest absolute Gasteiger partial charge is 0.330 e. The molecule has 15 heavy (non-hydrogen) atoms. The Balaban J connectivity index is 2.41. The highest BCUT2D eigenvalue weighted by atomic mass is 14.6. The molecule has 1 heteroatoms. The molecule has 0 spiro atoms. The third-order valence-electron chi connectivity index (χ3n) is 4.41. The highest BCUT2D eigenvalue weighted by molar-refractivity contribution is 4.89. The molecule has 1 nitrogen and oxygen atoms in total. The third kappa shape index (κ3) is 3.79. The SMILES string of the molecule is CCCCCC1(CN)CCC(C)(C)CC1. The molecule has 0 amide bonds. The summed E-state index contributed by atoms with van der Waals surface area (Å²) >= 11 is 0. The van der Waals surface area contributed by atoms with Crippen LogP contribution in [0.15, 0.2) is 0 Å². The van der Waals surface area contributed by atoms with Gasteiger partial charge in [-0.05, 0) is 49.5 Å². The molecule has 0 heterocycles. The van der Waals surface area contributed by atoms with E-state index in [2.05, 4.69) is 20.8 Å². The maximum atomic E-state index is 6.01. The van der Waals surface area contributed by atoms with Gasteiger partial charge in [-0.25, -0.2) is 0 Å². The second-order valence-electron chi connectivity index (χ2n) is 6.33. The van der Waals surface area contributed by atoms with Crippen LogP contribution in [0.2, 0.25) is 0 Å². The van der Waals surface area contributed by atoms with Crippen molar-refractivity contribution >= 4 is 0 Å². The molecule has 1 rings (SSSR count). The zero-order valence-electron chi connectivity index (χ0n) is 10.9. The van der Waals surface area contributed by atoms with Crippen LogP contribution in [-0.4, -0.2) is 6.54 Å². The molecule has 0 aromatic carbocycles. The Morgan fingerprint density at radius 3 is 2.07 bits per heavy atom. The molecular formula is C14H29N. The molecule has 0 saturated heterocycles. The van der Waals surface area contributed by atoms with E-state index in [0.717, 1.165) is 6.54 Å². The van der Waals surface area contributed by atoms with Gasteiger partial charge in [-0.1, -0.05) is 40.0 Å². The summed E-state index contributed by atoms with van der Waals surface area (Å²) in [5.41, 5.74) is 7.09. The minimum atomic E-state index is 0.505. The monoisotopic (exact) mass is 211 g/mol. The summed E-state index contributed by atoms with van der Waals surface area (Å²) in [5, 5.41) is 0. The second kappa shape index (κ2) is 5.34. The Labute approximate surface area is 95.8 Å². The average Bonchev–Trinajstić information content (AvgIpc) is 2.22. The molecule has 0 aromatic rings. The van der Waals surface area contributed by atoms with Crippen LogP contribution in [0, 0.1) is 10.8 Å². The first-order valence-corrected chi connectivity index (χ1v) is 6.74. The van der Waals surface area contributed by atoms with Gasteiger partial charge in [0.15, 0.2) is 0 Å². The van der Waals surface area contributed by atoms with Gasteiger partial charge < -0.3 is 5.73 Å². The molecule has 1 aliphatic rings. The van der Waals surface area contributed by atoms with Gasteiger partial charge in [-0.3, -0.25) is 0 Å². The van der Waals surface area contributed by atoms with Crippen molar-refractivity contribution in [2.45, 2.75) is 72.1 Å². The maximum Gasteiger partial charge on any atom is -0.00205 e. The smallest absolute Gasteiger partial charge is 0.00205 e. The molecule has 90 valence electrons. The van der Waals surface area contributed by atoms with Crippen LogP contribution < -0.4 is 5.73 Å². The molecule has 0 unspecified atom stereocenters. The standard InChI is InChI=1S/C14H29N/c1-4-5-6-7-14(12-15)10-8-13(2,3)9-11-14/h4-12,15H2,1-3H3. The Morgan fingerprint density at radius 2 is 1.60 bits per heavy atom. The number of nitrogens with two attached hydrogens (primary N) is 1. The first-order valence-electron chi connectivity index (χ1n) is 6.74. The van der Waals surface area contributed by atoms with Crippen molar-refractivity contribution in [3.8, 4) is 0 Å². The summed E-state index contributed by atoms with van der Waals surface area (Å²) in [6.45, 7) is 7.99. The minimum absolute atomic E-state index is 0.505. The van der Waals surface area contributed by atoms with Gasteiger partial charge in [0.2, 0.25) is 0 Å². The van der Waals surface area contributed by atoms with Gasteiger partial charge >= 0.3 is 0 Å². The van der Waals surface area contributed by atoms with E-state index in [-0.39, 0.29) is 0 Å². The van der Waals surface area contributed by atoms with Crippen molar-refractivity contribution in [2.24, 2.45) is 16.6 Å². The van der Waals surface area contributed by atoms with Crippen molar-refractivity contribution in [1.29, 1.82) is 0 Å². The van der Waals surface area contributed by atoms with E-state index in [1.807, 2.05) is 0 Å². The fourth-order valence-electron chi connectivity index (χ4n) is 2.76. The van der Waals surface area contributed by atoms with E-state index < -0.39 is 0 Å². The first-order chi connectivity index (χ1) is 7.04. The molecular weight excluding hydrogens is 182 g/mol. The first kappa shape index (κ1) is 13.0. The van der Waals surface area contributed by atoms with Gasteiger partial charge in [-0.2, -0.15) is 0 Å². The van der Waals surface area contributed by atoms with Gasteiger partial charge in [0.1, 0.15) is 0 Å². The van der Waals surface area contributed by atoms with Crippen LogP contribution in [0.25, 0.3) is 0 Å². The van der Waals surface area contributed by atoms with E-state index in [9.17, 15) is 0 Å². The van der Waals surface area contributed by atoms with Crippen LogP contribution in [-0.2, 0) is 0 Å². The van der Waals surface area contributed by atoms with Gasteiger partial charge in [0, 0.05) is 0 Å². The Bertz CT molecular complexity index is 174. The van der Waals surface area contributed by atoms with Gasteiger partial charge in [0.25, 0.3) is 0 Å². The van der Waals surface area contributed by atoms with Crippen LogP contribution in [0.4, 0.5) is 0 Å². The lowest BCUT2D eigenvalue weighted by Crippen LogP contribution is -2.37. The van der Waals surface area contributed by atoms with Crippen LogP contribution in [0.1, 0.15) is 72.1 Å². The summed E-state index contributed by atoms with van der Waals surface area (Å²) < 4.78 is 0. The average molecular weight is 211 g/mol. The predicted molar refractivity (Wildman–Crippen MR) is 67.9 cm³/mol. The molecule has 0 atom stereocenters. The lowest BCUT2D eigenvalue weighted by atomic mass is 9.63. The Kier molecular flexibility index (Phi) is 4.64. The zero-order chi connectivity index (χ0) is 11.4. The lowest BCUT2D eigenvalue weighted by molar-refractivity contribution is 0.0967. The molecule has 0 bridgehead atoms. The fraction of sp³-hybridized carbons (Fsp3) is 1.00. The van der Waals surface area contributed by atoms with Gasteiger partial charge in [0.05, 0.1) is 0 Å². The summed E-state index contributed by atoms with van der Waals surface area (Å²) in [6, 6.07) is 0. The van der Waals surface area contributed by atoms with Crippen molar-refractivity contribution in [3.63, 3.8) is 0 Å². The summed E-state index contributed by atoms with van der Waals surface area (Å²) in [6.07, 6.45) is 10.9. The fourth-order valence-corrected chi connectivity index (χ4v) is 2.76. The highest BCUT2D eigenvalue weighted by Gasteiger charge is 2.36. The van der Waals surface area contributed by atoms with E-state index in [4.69, 9.17) is 5.73 Å². The number of hydrogen-bond donors (Lipinski definition) is 1. The second-order valence-corrected chi connectivity index (χ2v) is 6.33. The van der Waals surface area contributed by atoms with Crippen molar-refractivity contribution < 1.29 is 0 Å². The van der Waals surface area contributed by atoms with Crippen molar-refractivity contribution in [3.05, 3.63) is 0 Å². The molecule has 0 aliphatic heterocycles. The molecule has 1 saturated carbocycles. The van der Waals surface area contributed by atoms with Crippen molar-refractivity contribution in [1.82, 2.24) is 0 Å². The number of unbranched alkanes of at least 4 members (excludes halogenated alkanes) is 2. The highest BCUT2D eigenvalue weighted by Crippen LogP contribution is 2.47. The molecule has 1 aliphatic carbocycles. The summed E-state index contributed by atoms with van der Waals surface area (Å²) in [5.74, 6) is 0.